The maximum absolute atomic E-state index is 12.6. The largest absolute Gasteiger partial charge is 0.444 e. The van der Waals surface area contributed by atoms with E-state index in [4.69, 9.17) is 16.3 Å². The van der Waals surface area contributed by atoms with Gasteiger partial charge in [-0.1, -0.05) is 17.7 Å². The molecule has 1 aliphatic rings. The lowest BCUT2D eigenvalue weighted by Gasteiger charge is -2.24. The van der Waals surface area contributed by atoms with Gasteiger partial charge in [0.25, 0.3) is 5.91 Å². The number of aromatic nitrogens is 2. The molecule has 0 saturated heterocycles. The number of halogens is 2. The quantitative estimate of drug-likeness (QED) is 0.731. The molecule has 0 atom stereocenters. The molecule has 2 amide bonds. The van der Waals surface area contributed by atoms with E-state index in [0.717, 1.165) is 5.69 Å². The average Bonchev–Trinajstić information content (AvgIpc) is 3.10. The Morgan fingerprint density at radius 2 is 2.00 bits per heavy atom. The molecule has 27 heavy (non-hydrogen) atoms. The first-order valence-corrected chi connectivity index (χ1v) is 9.51. The van der Waals surface area contributed by atoms with Crippen LogP contribution in [0.2, 0.25) is 5.02 Å². The minimum absolute atomic E-state index is 0.264. The minimum atomic E-state index is -0.562. The average molecular weight is 456 g/mol. The summed E-state index contributed by atoms with van der Waals surface area (Å²) < 4.78 is 7.78. The van der Waals surface area contributed by atoms with Gasteiger partial charge in [-0.2, -0.15) is 0 Å². The number of carbonyl (C=O) groups is 2. The zero-order chi connectivity index (χ0) is 19.9. The van der Waals surface area contributed by atoms with Crippen molar-refractivity contribution >= 4 is 45.2 Å². The first-order valence-electron chi connectivity index (χ1n) is 8.34. The molecule has 0 aliphatic carbocycles. The third kappa shape index (κ3) is 4.11. The van der Waals surface area contributed by atoms with Crippen LogP contribution in [0.1, 0.15) is 42.8 Å². The van der Waals surface area contributed by atoms with Crippen molar-refractivity contribution < 1.29 is 14.3 Å². The Hall–Kier alpha value is -2.06. The second-order valence-corrected chi connectivity index (χ2v) is 8.51. The number of fused-ring (bicyclic) bond motifs is 1. The van der Waals surface area contributed by atoms with Gasteiger partial charge in [-0.3, -0.25) is 9.69 Å². The molecule has 0 bridgehead atoms. The van der Waals surface area contributed by atoms with E-state index in [1.165, 1.54) is 0 Å². The van der Waals surface area contributed by atoms with Gasteiger partial charge in [0.1, 0.15) is 5.60 Å². The Bertz CT molecular complexity index is 920. The van der Waals surface area contributed by atoms with E-state index in [1.807, 2.05) is 20.8 Å². The van der Waals surface area contributed by atoms with Crippen molar-refractivity contribution in [2.24, 2.45) is 7.05 Å². The molecule has 7 nitrogen and oxygen atoms in total. The van der Waals surface area contributed by atoms with Gasteiger partial charge in [-0.15, -0.1) is 0 Å². The van der Waals surface area contributed by atoms with Crippen molar-refractivity contribution in [1.29, 1.82) is 0 Å². The summed E-state index contributed by atoms with van der Waals surface area (Å²) in [4.78, 5) is 30.8. The van der Waals surface area contributed by atoms with Crippen molar-refractivity contribution in [3.05, 3.63) is 44.9 Å². The number of hydrogen-bond donors (Lipinski definition) is 1. The number of hydrogen-bond acceptors (Lipinski definition) is 4. The predicted molar refractivity (Wildman–Crippen MR) is 106 cm³/mol. The zero-order valence-corrected chi connectivity index (χ0v) is 17.8. The monoisotopic (exact) mass is 454 g/mol. The lowest BCUT2D eigenvalue weighted by molar-refractivity contribution is 0.0237. The van der Waals surface area contributed by atoms with E-state index >= 15 is 0 Å². The Morgan fingerprint density at radius 3 is 2.63 bits per heavy atom. The molecule has 0 saturated carbocycles. The summed E-state index contributed by atoms with van der Waals surface area (Å²) in [5.41, 5.74) is 1.43. The van der Waals surface area contributed by atoms with Crippen molar-refractivity contribution in [1.82, 2.24) is 14.5 Å². The van der Waals surface area contributed by atoms with Crippen molar-refractivity contribution in [2.45, 2.75) is 39.5 Å². The Labute approximate surface area is 170 Å². The highest BCUT2D eigenvalue weighted by Crippen LogP contribution is 2.31. The molecule has 3 rings (SSSR count). The van der Waals surface area contributed by atoms with Crippen molar-refractivity contribution in [3.63, 3.8) is 0 Å². The topological polar surface area (TPSA) is 76.5 Å². The third-order valence-corrected chi connectivity index (χ3v) is 5.33. The molecule has 9 heteroatoms. The molecular weight excluding hydrogens is 436 g/mol. The number of benzene rings is 1. The van der Waals surface area contributed by atoms with E-state index in [2.05, 4.69) is 26.2 Å². The number of carbonyl (C=O) groups excluding carboxylic acids is 2. The Kier molecular flexibility index (Phi) is 5.22. The lowest BCUT2D eigenvalue weighted by atomic mass is 10.2. The summed E-state index contributed by atoms with van der Waals surface area (Å²) in [7, 11) is 1.75. The first kappa shape index (κ1) is 19.7. The van der Waals surface area contributed by atoms with E-state index in [0.29, 0.717) is 34.0 Å². The fourth-order valence-electron chi connectivity index (χ4n) is 2.77. The van der Waals surface area contributed by atoms with Crippen LogP contribution in [0.25, 0.3) is 0 Å². The lowest BCUT2D eigenvalue weighted by Crippen LogP contribution is -2.34. The van der Waals surface area contributed by atoms with Gasteiger partial charge in [-0.25, -0.2) is 9.78 Å². The number of amides is 2. The molecule has 0 spiro atoms. The molecule has 1 aromatic carbocycles. The highest BCUT2D eigenvalue weighted by Gasteiger charge is 2.33. The number of rotatable bonds is 2. The van der Waals surface area contributed by atoms with Crippen molar-refractivity contribution in [3.8, 4) is 0 Å². The molecule has 0 unspecified atom stereocenters. The third-order valence-electron chi connectivity index (χ3n) is 4.03. The van der Waals surface area contributed by atoms with Gasteiger partial charge < -0.3 is 14.6 Å². The van der Waals surface area contributed by atoms with E-state index in [1.54, 1.807) is 34.7 Å². The van der Waals surface area contributed by atoms with Crippen LogP contribution in [0, 0.1) is 0 Å². The van der Waals surface area contributed by atoms with Crippen LogP contribution < -0.4 is 5.32 Å². The summed E-state index contributed by atoms with van der Waals surface area (Å²) in [5, 5.41) is 3.19. The maximum Gasteiger partial charge on any atom is 0.410 e. The Morgan fingerprint density at radius 1 is 1.30 bits per heavy atom. The van der Waals surface area contributed by atoms with Crippen LogP contribution in [0.15, 0.2) is 22.7 Å². The smallest absolute Gasteiger partial charge is 0.410 e. The molecule has 2 aromatic rings. The van der Waals surface area contributed by atoms with Crippen molar-refractivity contribution in [2.75, 3.05) is 5.32 Å². The van der Waals surface area contributed by atoms with Crippen LogP contribution in [0.4, 0.5) is 10.5 Å². The SMILES string of the molecule is Cn1c(C(=O)Nc2cccc(Br)c2Cl)nc2c1CN(C(=O)OC(C)(C)C)C2. The number of nitrogens with one attached hydrogen (secondary N) is 1. The van der Waals surface area contributed by atoms with Gasteiger partial charge in [-0.05, 0) is 48.8 Å². The van der Waals surface area contributed by atoms with E-state index < -0.39 is 11.7 Å². The highest BCUT2D eigenvalue weighted by molar-refractivity contribution is 9.10. The number of anilines is 1. The summed E-state index contributed by atoms with van der Waals surface area (Å²) in [6.45, 7) is 6.12. The Balaban J connectivity index is 1.75. The molecule has 2 heterocycles. The minimum Gasteiger partial charge on any atom is -0.444 e. The summed E-state index contributed by atoms with van der Waals surface area (Å²) in [6, 6.07) is 5.28. The standard InChI is InChI=1S/C18H20BrClN4O3/c1-18(2,3)27-17(26)24-8-12-13(9-24)23(4)15(21-12)16(25)22-11-7-5-6-10(19)14(11)20/h5-7H,8-9H2,1-4H3,(H,22,25). The van der Waals surface area contributed by atoms with E-state index in [-0.39, 0.29) is 11.7 Å². The van der Waals surface area contributed by atoms with E-state index in [9.17, 15) is 9.59 Å². The fourth-order valence-corrected chi connectivity index (χ4v) is 3.31. The van der Waals surface area contributed by atoms with Gasteiger partial charge in [0.05, 0.1) is 35.2 Å². The van der Waals surface area contributed by atoms with Crippen LogP contribution in [-0.2, 0) is 24.9 Å². The number of imidazole rings is 1. The summed E-state index contributed by atoms with van der Waals surface area (Å²) in [6.07, 6.45) is -0.396. The molecule has 0 radical (unpaired) electrons. The zero-order valence-electron chi connectivity index (χ0n) is 15.5. The van der Waals surface area contributed by atoms with Gasteiger partial charge >= 0.3 is 6.09 Å². The summed E-state index contributed by atoms with van der Waals surface area (Å²) >= 11 is 9.53. The van der Waals surface area contributed by atoms with Crippen LogP contribution in [0.3, 0.4) is 0 Å². The van der Waals surface area contributed by atoms with Crippen LogP contribution in [-0.4, -0.2) is 32.1 Å². The molecule has 1 aliphatic heterocycles. The number of nitrogens with zero attached hydrogens (tertiary/aromatic N) is 3. The molecule has 0 fully saturated rings. The van der Waals surface area contributed by atoms with Gasteiger partial charge in [0.2, 0.25) is 0 Å². The first-order chi connectivity index (χ1) is 12.6. The predicted octanol–water partition coefficient (Wildman–Crippen LogP) is 4.34. The maximum atomic E-state index is 12.6. The van der Waals surface area contributed by atoms with Crippen LogP contribution in [0.5, 0.6) is 0 Å². The van der Waals surface area contributed by atoms with Gasteiger partial charge in [0, 0.05) is 11.5 Å². The summed E-state index contributed by atoms with van der Waals surface area (Å²) in [5.74, 6) is -0.101. The van der Waals surface area contributed by atoms with Crippen LogP contribution >= 0.6 is 27.5 Å². The second-order valence-electron chi connectivity index (χ2n) is 7.28. The number of ether oxygens (including phenoxy) is 1. The van der Waals surface area contributed by atoms with Gasteiger partial charge in [0.15, 0.2) is 5.82 Å². The highest BCUT2D eigenvalue weighted by atomic mass is 79.9. The molecule has 1 aromatic heterocycles. The second kappa shape index (κ2) is 7.16. The molecule has 144 valence electrons. The molecule has 1 N–H and O–H groups in total. The normalized spacial score (nSPS) is 13.5. The molecular formula is C18H20BrClN4O3. The fraction of sp³-hybridized carbons (Fsp3) is 0.389.